The largest absolute Gasteiger partial charge is 0.353 e. The second-order valence-electron chi connectivity index (χ2n) is 4.40. The van der Waals surface area contributed by atoms with Gasteiger partial charge in [-0.15, -0.1) is 0 Å². The molecule has 0 aliphatic heterocycles. The lowest BCUT2D eigenvalue weighted by atomic mass is 10.1. The molecule has 1 N–H and O–H groups in total. The molecule has 0 aliphatic rings. The molecule has 1 aromatic heterocycles. The standard InChI is InChI=1S/C15H11Cl2N/c1-9-2-4-10(5-3-9)14-7-11-6-12(16)8-13(17)15(11)18-14/h2-8,18H,1H3. The summed E-state index contributed by atoms with van der Waals surface area (Å²) in [4.78, 5) is 3.34. The van der Waals surface area contributed by atoms with Gasteiger partial charge in [-0.25, -0.2) is 0 Å². The van der Waals surface area contributed by atoms with Gasteiger partial charge in [0.25, 0.3) is 0 Å². The number of hydrogen-bond donors (Lipinski definition) is 1. The third kappa shape index (κ3) is 2.00. The maximum absolute atomic E-state index is 6.17. The smallest absolute Gasteiger partial charge is 0.0661 e. The van der Waals surface area contributed by atoms with E-state index in [2.05, 4.69) is 42.2 Å². The molecule has 0 unspecified atom stereocenters. The summed E-state index contributed by atoms with van der Waals surface area (Å²) in [5.74, 6) is 0. The molecule has 0 radical (unpaired) electrons. The van der Waals surface area contributed by atoms with Crippen molar-refractivity contribution in [1.82, 2.24) is 4.98 Å². The van der Waals surface area contributed by atoms with Crippen LogP contribution in [-0.2, 0) is 0 Å². The van der Waals surface area contributed by atoms with Gasteiger partial charge in [-0.3, -0.25) is 0 Å². The third-order valence-corrected chi connectivity index (χ3v) is 3.52. The van der Waals surface area contributed by atoms with E-state index in [1.54, 1.807) is 6.07 Å². The molecule has 1 nitrogen and oxygen atoms in total. The number of aromatic nitrogens is 1. The molecule has 18 heavy (non-hydrogen) atoms. The highest BCUT2D eigenvalue weighted by atomic mass is 35.5. The fourth-order valence-corrected chi connectivity index (χ4v) is 2.61. The number of nitrogens with one attached hydrogen (secondary N) is 1. The molecular formula is C15H11Cl2N. The molecule has 3 heteroatoms. The van der Waals surface area contributed by atoms with Gasteiger partial charge >= 0.3 is 0 Å². The zero-order chi connectivity index (χ0) is 12.7. The first kappa shape index (κ1) is 11.6. The minimum Gasteiger partial charge on any atom is -0.353 e. The summed E-state index contributed by atoms with van der Waals surface area (Å²) in [6, 6.07) is 14.1. The number of benzene rings is 2. The van der Waals surface area contributed by atoms with E-state index < -0.39 is 0 Å². The molecule has 90 valence electrons. The number of hydrogen-bond acceptors (Lipinski definition) is 0. The Labute approximate surface area is 115 Å². The van der Waals surface area contributed by atoms with Gasteiger partial charge in [0, 0.05) is 16.1 Å². The van der Waals surface area contributed by atoms with E-state index in [-0.39, 0.29) is 0 Å². The van der Waals surface area contributed by atoms with Crippen molar-refractivity contribution in [2.24, 2.45) is 0 Å². The first-order valence-electron chi connectivity index (χ1n) is 5.68. The lowest BCUT2D eigenvalue weighted by molar-refractivity contribution is 1.42. The normalized spacial score (nSPS) is 11.1. The van der Waals surface area contributed by atoms with Crippen LogP contribution >= 0.6 is 23.2 Å². The molecule has 3 rings (SSSR count). The first-order chi connectivity index (χ1) is 8.63. The molecule has 0 amide bonds. The molecule has 2 aromatic carbocycles. The molecule has 1 heterocycles. The van der Waals surface area contributed by atoms with Crippen LogP contribution in [0.5, 0.6) is 0 Å². The van der Waals surface area contributed by atoms with Gasteiger partial charge in [0.05, 0.1) is 10.5 Å². The Hall–Kier alpha value is -1.44. The third-order valence-electron chi connectivity index (χ3n) is 3.01. The van der Waals surface area contributed by atoms with Crippen molar-refractivity contribution in [3.8, 4) is 11.3 Å². The van der Waals surface area contributed by atoms with E-state index in [1.807, 2.05) is 6.07 Å². The average Bonchev–Trinajstić information content (AvgIpc) is 2.74. The van der Waals surface area contributed by atoms with Crippen LogP contribution in [0.3, 0.4) is 0 Å². The van der Waals surface area contributed by atoms with Crippen molar-refractivity contribution in [2.75, 3.05) is 0 Å². The number of aryl methyl sites for hydroxylation is 1. The Bertz CT molecular complexity index is 711. The van der Waals surface area contributed by atoms with Gasteiger partial charge in [0.15, 0.2) is 0 Å². The Morgan fingerprint density at radius 1 is 0.944 bits per heavy atom. The molecule has 0 fully saturated rings. The minimum absolute atomic E-state index is 0.649. The molecule has 0 saturated heterocycles. The summed E-state index contributed by atoms with van der Waals surface area (Å²) in [6.07, 6.45) is 0. The number of halogens is 2. The Morgan fingerprint density at radius 2 is 1.67 bits per heavy atom. The van der Waals surface area contributed by atoms with Crippen molar-refractivity contribution in [1.29, 1.82) is 0 Å². The van der Waals surface area contributed by atoms with Crippen molar-refractivity contribution in [2.45, 2.75) is 6.92 Å². The van der Waals surface area contributed by atoms with Gasteiger partial charge in [0.1, 0.15) is 0 Å². The van der Waals surface area contributed by atoms with Crippen molar-refractivity contribution < 1.29 is 0 Å². The van der Waals surface area contributed by atoms with Gasteiger partial charge in [-0.2, -0.15) is 0 Å². The van der Waals surface area contributed by atoms with Crippen LogP contribution in [-0.4, -0.2) is 4.98 Å². The second-order valence-corrected chi connectivity index (χ2v) is 5.24. The Kier molecular flexibility index (Phi) is 2.81. The topological polar surface area (TPSA) is 15.8 Å². The molecule has 0 aliphatic carbocycles. The lowest BCUT2D eigenvalue weighted by Gasteiger charge is -1.98. The fraction of sp³-hybridized carbons (Fsp3) is 0.0667. The minimum atomic E-state index is 0.649. The van der Waals surface area contributed by atoms with E-state index >= 15 is 0 Å². The van der Waals surface area contributed by atoms with Gasteiger partial charge in [-0.05, 0) is 30.7 Å². The monoisotopic (exact) mass is 275 g/mol. The zero-order valence-corrected chi connectivity index (χ0v) is 11.3. The predicted octanol–water partition coefficient (Wildman–Crippen LogP) is 5.45. The highest BCUT2D eigenvalue weighted by molar-refractivity contribution is 6.38. The number of aromatic amines is 1. The first-order valence-corrected chi connectivity index (χ1v) is 6.44. The maximum atomic E-state index is 6.17. The summed E-state index contributed by atoms with van der Waals surface area (Å²) < 4.78 is 0. The van der Waals surface area contributed by atoms with Gasteiger partial charge in [-0.1, -0.05) is 53.0 Å². The van der Waals surface area contributed by atoms with Crippen LogP contribution in [0.4, 0.5) is 0 Å². The van der Waals surface area contributed by atoms with E-state index in [1.165, 1.54) is 5.56 Å². The van der Waals surface area contributed by atoms with Crippen LogP contribution < -0.4 is 0 Å². The molecule has 0 saturated carbocycles. The van der Waals surface area contributed by atoms with Crippen LogP contribution in [0.1, 0.15) is 5.56 Å². The van der Waals surface area contributed by atoms with Crippen LogP contribution in [0.15, 0.2) is 42.5 Å². The van der Waals surface area contributed by atoms with Gasteiger partial charge < -0.3 is 4.98 Å². The Morgan fingerprint density at radius 3 is 2.39 bits per heavy atom. The molecule has 3 aromatic rings. The van der Waals surface area contributed by atoms with Crippen molar-refractivity contribution in [3.05, 3.63) is 58.1 Å². The molecular weight excluding hydrogens is 265 g/mol. The number of fused-ring (bicyclic) bond motifs is 1. The van der Waals surface area contributed by atoms with E-state index in [9.17, 15) is 0 Å². The summed E-state index contributed by atoms with van der Waals surface area (Å²) in [6.45, 7) is 2.08. The average molecular weight is 276 g/mol. The maximum Gasteiger partial charge on any atom is 0.0661 e. The number of rotatable bonds is 1. The second kappa shape index (κ2) is 4.34. The van der Waals surface area contributed by atoms with Crippen LogP contribution in [0, 0.1) is 6.92 Å². The lowest BCUT2D eigenvalue weighted by Crippen LogP contribution is -1.77. The SMILES string of the molecule is Cc1ccc(-c2cc3cc(Cl)cc(Cl)c3[nH]2)cc1. The summed E-state index contributed by atoms with van der Waals surface area (Å²) in [5.41, 5.74) is 4.37. The molecule has 0 spiro atoms. The number of H-pyrrole nitrogens is 1. The molecule has 0 bridgehead atoms. The van der Waals surface area contributed by atoms with E-state index in [0.717, 1.165) is 22.2 Å². The highest BCUT2D eigenvalue weighted by Crippen LogP contribution is 2.31. The van der Waals surface area contributed by atoms with E-state index in [0.29, 0.717) is 10.0 Å². The predicted molar refractivity (Wildman–Crippen MR) is 78.5 cm³/mol. The Balaban J connectivity index is 2.19. The van der Waals surface area contributed by atoms with Gasteiger partial charge in [0.2, 0.25) is 0 Å². The van der Waals surface area contributed by atoms with E-state index in [4.69, 9.17) is 23.2 Å². The zero-order valence-electron chi connectivity index (χ0n) is 9.80. The summed E-state index contributed by atoms with van der Waals surface area (Å²) in [5, 5.41) is 2.33. The summed E-state index contributed by atoms with van der Waals surface area (Å²) in [7, 11) is 0. The quantitative estimate of drug-likeness (QED) is 0.608. The fourth-order valence-electron chi connectivity index (χ4n) is 2.05. The van der Waals surface area contributed by atoms with Crippen LogP contribution in [0.25, 0.3) is 22.2 Å². The van der Waals surface area contributed by atoms with Crippen molar-refractivity contribution in [3.63, 3.8) is 0 Å². The highest BCUT2D eigenvalue weighted by Gasteiger charge is 2.07. The summed E-state index contributed by atoms with van der Waals surface area (Å²) >= 11 is 12.2. The van der Waals surface area contributed by atoms with Crippen molar-refractivity contribution >= 4 is 34.1 Å². The molecule has 0 atom stereocenters. The van der Waals surface area contributed by atoms with Crippen LogP contribution in [0.2, 0.25) is 10.0 Å².